The molecule has 0 aromatic heterocycles. The lowest BCUT2D eigenvalue weighted by Gasteiger charge is -2.32. The van der Waals surface area contributed by atoms with Gasteiger partial charge in [-0.3, -0.25) is 4.79 Å². The molecule has 0 aliphatic carbocycles. The first-order valence-corrected chi connectivity index (χ1v) is 14.5. The third-order valence-corrected chi connectivity index (χ3v) is 7.70. The van der Waals surface area contributed by atoms with Crippen molar-refractivity contribution in [1.29, 1.82) is 0 Å². The number of hydrogen-bond acceptors (Lipinski definition) is 3. The molecule has 0 unspecified atom stereocenters. The molecule has 1 fully saturated rings. The minimum absolute atomic E-state index is 0.0887. The molecule has 1 aliphatic rings. The quantitative estimate of drug-likeness (QED) is 0.168. The number of amides is 1. The van der Waals surface area contributed by atoms with Crippen LogP contribution in [0.1, 0.15) is 137 Å². The molecular formula is C30H52BNO3. The van der Waals surface area contributed by atoms with Crippen molar-refractivity contribution < 1.29 is 14.1 Å². The Morgan fingerprint density at radius 1 is 0.743 bits per heavy atom. The van der Waals surface area contributed by atoms with Crippen LogP contribution in [0, 0.1) is 0 Å². The van der Waals surface area contributed by atoms with Crippen molar-refractivity contribution in [3.8, 4) is 0 Å². The molecule has 0 bridgehead atoms. The van der Waals surface area contributed by atoms with Crippen LogP contribution < -0.4 is 10.8 Å². The van der Waals surface area contributed by atoms with Crippen molar-refractivity contribution in [2.24, 2.45) is 0 Å². The lowest BCUT2D eigenvalue weighted by atomic mass is 9.79. The maximum absolute atomic E-state index is 12.4. The fourth-order valence-electron chi connectivity index (χ4n) is 4.62. The molecule has 5 heteroatoms. The van der Waals surface area contributed by atoms with Crippen molar-refractivity contribution >= 4 is 24.2 Å². The van der Waals surface area contributed by atoms with E-state index in [1.807, 2.05) is 24.3 Å². The standard InChI is InChI=1S/C30H52BNO3/c1-6-7-8-9-10-11-12-13-14-15-16-17-18-19-20-24-28(33)32-27-23-21-22-26(25-27)31-34-29(2,3)30(4,5)35-31/h21-23,25H,6-20,24H2,1-5H3,(H,32,33). The second-order valence-corrected chi connectivity index (χ2v) is 11.5. The molecule has 1 amide bonds. The normalized spacial score (nSPS) is 16.5. The number of carbonyl (C=O) groups is 1. The zero-order valence-electron chi connectivity index (χ0n) is 23.4. The van der Waals surface area contributed by atoms with E-state index in [0.29, 0.717) is 6.42 Å². The SMILES string of the molecule is CCCCCCCCCCCCCCCCCC(=O)Nc1cccc(B2OC(C)(C)C(C)(C)O2)c1. The van der Waals surface area contributed by atoms with Crippen LogP contribution in [0.3, 0.4) is 0 Å². The lowest BCUT2D eigenvalue weighted by molar-refractivity contribution is -0.116. The Morgan fingerprint density at radius 2 is 1.20 bits per heavy atom. The number of hydrogen-bond donors (Lipinski definition) is 1. The van der Waals surface area contributed by atoms with Gasteiger partial charge >= 0.3 is 7.12 Å². The average Bonchev–Trinajstić information content (AvgIpc) is 3.03. The molecular weight excluding hydrogens is 433 g/mol. The highest BCUT2D eigenvalue weighted by atomic mass is 16.7. The molecule has 2 rings (SSSR count). The van der Waals surface area contributed by atoms with E-state index in [2.05, 4.69) is 39.9 Å². The Labute approximate surface area is 216 Å². The van der Waals surface area contributed by atoms with Crippen LogP contribution >= 0.6 is 0 Å². The molecule has 1 aromatic rings. The third-order valence-electron chi connectivity index (χ3n) is 7.70. The molecule has 0 atom stereocenters. The van der Waals surface area contributed by atoms with Crippen molar-refractivity contribution in [2.45, 2.75) is 149 Å². The fourth-order valence-corrected chi connectivity index (χ4v) is 4.62. The van der Waals surface area contributed by atoms with Gasteiger partial charge in [-0.25, -0.2) is 0 Å². The van der Waals surface area contributed by atoms with Crippen LogP contribution in [0.4, 0.5) is 5.69 Å². The van der Waals surface area contributed by atoms with Gasteiger partial charge < -0.3 is 14.6 Å². The molecule has 1 aliphatic heterocycles. The van der Waals surface area contributed by atoms with E-state index >= 15 is 0 Å². The van der Waals surface area contributed by atoms with Gasteiger partial charge in [0.05, 0.1) is 11.2 Å². The van der Waals surface area contributed by atoms with E-state index in [1.165, 1.54) is 83.5 Å². The smallest absolute Gasteiger partial charge is 0.399 e. The Hall–Kier alpha value is -1.33. The molecule has 0 spiro atoms. The third kappa shape index (κ3) is 11.1. The van der Waals surface area contributed by atoms with Crippen molar-refractivity contribution in [2.75, 3.05) is 5.32 Å². The summed E-state index contributed by atoms with van der Waals surface area (Å²) in [5.74, 6) is 0.0887. The second kappa shape index (κ2) is 15.7. The van der Waals surface area contributed by atoms with Crippen LogP contribution in [-0.2, 0) is 14.1 Å². The summed E-state index contributed by atoms with van der Waals surface area (Å²) in [7, 11) is -0.410. The summed E-state index contributed by atoms with van der Waals surface area (Å²) in [5.41, 5.74) is 1.01. The molecule has 0 saturated carbocycles. The summed E-state index contributed by atoms with van der Waals surface area (Å²) < 4.78 is 12.3. The number of unbranched alkanes of at least 4 members (excludes halogenated alkanes) is 14. The highest BCUT2D eigenvalue weighted by Gasteiger charge is 2.51. The minimum Gasteiger partial charge on any atom is -0.399 e. The molecule has 0 radical (unpaired) electrons. The zero-order chi connectivity index (χ0) is 25.6. The Bertz CT molecular complexity index is 718. The van der Waals surface area contributed by atoms with Gasteiger partial charge in [0.2, 0.25) is 5.91 Å². The second-order valence-electron chi connectivity index (χ2n) is 11.5. The van der Waals surface area contributed by atoms with Gasteiger partial charge in [0.25, 0.3) is 0 Å². The summed E-state index contributed by atoms with van der Waals surface area (Å²) >= 11 is 0. The van der Waals surface area contributed by atoms with Gasteiger partial charge in [-0.1, -0.05) is 109 Å². The van der Waals surface area contributed by atoms with E-state index < -0.39 is 7.12 Å². The average molecular weight is 486 g/mol. The van der Waals surface area contributed by atoms with Crippen LogP contribution in [0.5, 0.6) is 0 Å². The Morgan fingerprint density at radius 3 is 1.69 bits per heavy atom. The van der Waals surface area contributed by atoms with Gasteiger partial charge in [-0.05, 0) is 51.7 Å². The fraction of sp³-hybridized carbons (Fsp3) is 0.767. The predicted octanol–water partition coefficient (Wildman–Crippen LogP) is 8.19. The van der Waals surface area contributed by atoms with Gasteiger partial charge in [-0.15, -0.1) is 0 Å². The number of anilines is 1. The van der Waals surface area contributed by atoms with Crippen LogP contribution in [0.2, 0.25) is 0 Å². The van der Waals surface area contributed by atoms with Gasteiger partial charge in [0.15, 0.2) is 0 Å². The number of rotatable bonds is 18. The van der Waals surface area contributed by atoms with E-state index in [9.17, 15) is 4.79 Å². The molecule has 1 aromatic carbocycles. The molecule has 1 N–H and O–H groups in total. The predicted molar refractivity (Wildman–Crippen MR) is 150 cm³/mol. The van der Waals surface area contributed by atoms with E-state index in [4.69, 9.17) is 9.31 Å². The number of nitrogens with one attached hydrogen (secondary N) is 1. The monoisotopic (exact) mass is 485 g/mol. The first-order chi connectivity index (χ1) is 16.7. The van der Waals surface area contributed by atoms with Gasteiger partial charge in [0.1, 0.15) is 0 Å². The summed E-state index contributed by atoms with van der Waals surface area (Å²) in [6.45, 7) is 10.5. The molecule has 1 saturated heterocycles. The minimum atomic E-state index is -0.410. The van der Waals surface area contributed by atoms with Crippen LogP contribution in [-0.4, -0.2) is 24.2 Å². The summed E-state index contributed by atoms with van der Waals surface area (Å²) in [4.78, 5) is 12.4. The van der Waals surface area contributed by atoms with Crippen molar-refractivity contribution in [3.63, 3.8) is 0 Å². The maximum Gasteiger partial charge on any atom is 0.494 e. The maximum atomic E-state index is 12.4. The largest absolute Gasteiger partial charge is 0.494 e. The highest BCUT2D eigenvalue weighted by molar-refractivity contribution is 6.62. The molecule has 198 valence electrons. The summed E-state index contributed by atoms with van der Waals surface area (Å²) in [6, 6.07) is 7.83. The van der Waals surface area contributed by atoms with E-state index in [-0.39, 0.29) is 17.1 Å². The van der Waals surface area contributed by atoms with Crippen LogP contribution in [0.25, 0.3) is 0 Å². The van der Waals surface area contributed by atoms with Gasteiger partial charge in [0, 0.05) is 12.1 Å². The van der Waals surface area contributed by atoms with Crippen molar-refractivity contribution in [1.82, 2.24) is 0 Å². The lowest BCUT2D eigenvalue weighted by Crippen LogP contribution is -2.41. The van der Waals surface area contributed by atoms with Crippen molar-refractivity contribution in [3.05, 3.63) is 24.3 Å². The molecule has 4 nitrogen and oxygen atoms in total. The number of carbonyl (C=O) groups excluding carboxylic acids is 1. The van der Waals surface area contributed by atoms with Crippen LogP contribution in [0.15, 0.2) is 24.3 Å². The van der Waals surface area contributed by atoms with Gasteiger partial charge in [-0.2, -0.15) is 0 Å². The van der Waals surface area contributed by atoms with E-state index in [1.54, 1.807) is 0 Å². The Kier molecular flexibility index (Phi) is 13.4. The van der Waals surface area contributed by atoms with E-state index in [0.717, 1.165) is 24.0 Å². The number of benzene rings is 1. The molecule has 35 heavy (non-hydrogen) atoms. The summed E-state index contributed by atoms with van der Waals surface area (Å²) in [5, 5.41) is 3.05. The first kappa shape index (κ1) is 29.9. The zero-order valence-corrected chi connectivity index (χ0v) is 23.4. The topological polar surface area (TPSA) is 47.6 Å². The first-order valence-electron chi connectivity index (χ1n) is 14.5. The Balaban J connectivity index is 1.50. The summed E-state index contributed by atoms with van der Waals surface area (Å²) in [6.07, 6.45) is 20.6. The highest BCUT2D eigenvalue weighted by Crippen LogP contribution is 2.36. The molecule has 1 heterocycles.